The molecule has 0 aliphatic carbocycles. The number of hydrogen-bond acceptors (Lipinski definition) is 4. The molecule has 146 valence electrons. The average Bonchev–Trinajstić information content (AvgIpc) is 3.15. The van der Waals surface area contributed by atoms with Gasteiger partial charge in [0, 0.05) is 38.6 Å². The molecule has 1 aliphatic rings. The average molecular weight is 370 g/mol. The molecule has 2 unspecified atom stereocenters. The highest BCUT2D eigenvalue weighted by Gasteiger charge is 2.20. The van der Waals surface area contributed by atoms with Gasteiger partial charge in [0.2, 0.25) is 0 Å². The van der Waals surface area contributed by atoms with Crippen molar-refractivity contribution in [2.75, 3.05) is 20.6 Å². The van der Waals surface area contributed by atoms with E-state index in [9.17, 15) is 0 Å². The highest BCUT2D eigenvalue weighted by Crippen LogP contribution is 2.11. The van der Waals surface area contributed by atoms with Gasteiger partial charge in [-0.15, -0.1) is 0 Å². The van der Waals surface area contributed by atoms with Crippen molar-refractivity contribution in [3.05, 3.63) is 48.0 Å². The van der Waals surface area contributed by atoms with Gasteiger partial charge in [-0.25, -0.2) is 9.67 Å². The number of nitrogens with zero attached hydrogens (tertiary/aromatic N) is 5. The van der Waals surface area contributed by atoms with Crippen LogP contribution in [-0.2, 0) is 19.5 Å². The Bertz CT molecular complexity index is 725. The normalized spacial score (nSPS) is 18.2. The molecule has 2 heterocycles. The molecule has 27 heavy (non-hydrogen) atoms. The van der Waals surface area contributed by atoms with Gasteiger partial charge in [-0.2, -0.15) is 5.10 Å². The monoisotopic (exact) mass is 369 g/mol. The summed E-state index contributed by atoms with van der Waals surface area (Å²) in [4.78, 5) is 11.0. The third kappa shape index (κ3) is 5.53. The fraction of sp³-hybridized carbons (Fsp3) is 0.550. The van der Waals surface area contributed by atoms with Crippen LogP contribution in [0.3, 0.4) is 0 Å². The first-order chi connectivity index (χ1) is 13.2. The molecule has 0 saturated carbocycles. The molecule has 0 fully saturated rings. The van der Waals surface area contributed by atoms with Crippen LogP contribution in [0.15, 0.2) is 41.7 Å². The summed E-state index contributed by atoms with van der Waals surface area (Å²) in [5.41, 5.74) is 1.35. The van der Waals surface area contributed by atoms with E-state index in [4.69, 9.17) is 0 Å². The predicted octanol–water partition coefficient (Wildman–Crippen LogP) is 1.67. The summed E-state index contributed by atoms with van der Waals surface area (Å²) >= 11 is 0. The quantitative estimate of drug-likeness (QED) is 0.574. The lowest BCUT2D eigenvalue weighted by Crippen LogP contribution is -2.47. The van der Waals surface area contributed by atoms with Crippen molar-refractivity contribution in [3.8, 4) is 0 Å². The lowest BCUT2D eigenvalue weighted by molar-refractivity contribution is 0.238. The molecule has 2 atom stereocenters. The minimum atomic E-state index is 0.337. The lowest BCUT2D eigenvalue weighted by Gasteiger charge is -2.27. The third-order valence-corrected chi connectivity index (χ3v) is 5.25. The molecule has 2 aromatic rings. The zero-order chi connectivity index (χ0) is 19.1. The van der Waals surface area contributed by atoms with Crippen LogP contribution in [0.2, 0.25) is 0 Å². The molecular formula is C20H31N7. The first-order valence-corrected chi connectivity index (χ1v) is 9.73. The van der Waals surface area contributed by atoms with Crippen LogP contribution in [0, 0.1) is 0 Å². The van der Waals surface area contributed by atoms with Crippen LogP contribution in [0.1, 0.15) is 31.2 Å². The van der Waals surface area contributed by atoms with Crippen molar-refractivity contribution < 1.29 is 0 Å². The molecule has 0 bridgehead atoms. The molecule has 0 amide bonds. The molecule has 0 radical (unpaired) electrons. The van der Waals surface area contributed by atoms with Crippen LogP contribution in [0.4, 0.5) is 0 Å². The van der Waals surface area contributed by atoms with E-state index in [0.717, 1.165) is 50.7 Å². The van der Waals surface area contributed by atoms with Crippen molar-refractivity contribution in [1.82, 2.24) is 30.3 Å². The lowest BCUT2D eigenvalue weighted by atomic mass is 10.1. The van der Waals surface area contributed by atoms with E-state index >= 15 is 0 Å². The van der Waals surface area contributed by atoms with Crippen LogP contribution in [0.5, 0.6) is 0 Å². The smallest absolute Gasteiger partial charge is 0.191 e. The Morgan fingerprint density at radius 3 is 2.96 bits per heavy atom. The molecule has 0 saturated heterocycles. The summed E-state index contributed by atoms with van der Waals surface area (Å²) in [5, 5.41) is 11.2. The molecule has 7 heteroatoms. The van der Waals surface area contributed by atoms with E-state index in [2.05, 4.69) is 74.9 Å². The van der Waals surface area contributed by atoms with Gasteiger partial charge in [0.25, 0.3) is 0 Å². The Morgan fingerprint density at radius 1 is 1.37 bits per heavy atom. The molecule has 3 rings (SSSR count). The zero-order valence-corrected chi connectivity index (χ0v) is 16.6. The number of fused-ring (bicyclic) bond motifs is 1. The topological polar surface area (TPSA) is 70.4 Å². The van der Waals surface area contributed by atoms with E-state index in [1.165, 1.54) is 5.56 Å². The summed E-state index contributed by atoms with van der Waals surface area (Å²) in [6.07, 6.45) is 4.70. The van der Waals surface area contributed by atoms with Gasteiger partial charge in [0.15, 0.2) is 5.96 Å². The van der Waals surface area contributed by atoms with Crippen molar-refractivity contribution >= 4 is 5.96 Å². The van der Waals surface area contributed by atoms with Gasteiger partial charge in [0.1, 0.15) is 12.2 Å². The second-order valence-electron chi connectivity index (χ2n) is 7.28. The number of nitrogens with one attached hydrogen (secondary N) is 2. The maximum Gasteiger partial charge on any atom is 0.191 e. The van der Waals surface area contributed by atoms with Gasteiger partial charge in [-0.05, 0) is 32.4 Å². The van der Waals surface area contributed by atoms with Gasteiger partial charge < -0.3 is 10.6 Å². The first-order valence-electron chi connectivity index (χ1n) is 9.73. The van der Waals surface area contributed by atoms with Crippen LogP contribution >= 0.6 is 0 Å². The van der Waals surface area contributed by atoms with Crippen LogP contribution in [-0.4, -0.2) is 58.3 Å². The van der Waals surface area contributed by atoms with Crippen LogP contribution in [0.25, 0.3) is 0 Å². The van der Waals surface area contributed by atoms with E-state index in [-0.39, 0.29) is 0 Å². The second-order valence-corrected chi connectivity index (χ2v) is 7.28. The minimum absolute atomic E-state index is 0.337. The molecule has 2 N–H and O–H groups in total. The Morgan fingerprint density at radius 2 is 2.19 bits per heavy atom. The Balaban J connectivity index is 1.39. The number of aryl methyl sites for hydroxylation is 1. The maximum atomic E-state index is 4.37. The fourth-order valence-corrected chi connectivity index (χ4v) is 3.39. The SMILES string of the molecule is CN=C(NCCC(C)N(C)Cc1ccccc1)NC1CCc2ncnn2C1. The van der Waals surface area contributed by atoms with Crippen molar-refractivity contribution in [1.29, 1.82) is 0 Å². The number of aliphatic imine (C=N–C) groups is 1. The van der Waals surface area contributed by atoms with Gasteiger partial charge in [-0.3, -0.25) is 9.89 Å². The van der Waals surface area contributed by atoms with E-state index in [0.29, 0.717) is 12.1 Å². The number of hydrogen-bond donors (Lipinski definition) is 2. The van der Waals surface area contributed by atoms with E-state index in [1.54, 1.807) is 6.33 Å². The third-order valence-electron chi connectivity index (χ3n) is 5.25. The summed E-state index contributed by atoms with van der Waals surface area (Å²) in [6, 6.07) is 11.4. The predicted molar refractivity (Wildman–Crippen MR) is 109 cm³/mol. The number of aromatic nitrogens is 3. The van der Waals surface area contributed by atoms with Crippen molar-refractivity contribution in [2.45, 2.75) is 51.4 Å². The van der Waals surface area contributed by atoms with Crippen molar-refractivity contribution in [3.63, 3.8) is 0 Å². The van der Waals surface area contributed by atoms with Crippen LogP contribution < -0.4 is 10.6 Å². The summed E-state index contributed by atoms with van der Waals surface area (Å²) in [5.74, 6) is 1.94. The first kappa shape index (κ1) is 19.4. The van der Waals surface area contributed by atoms with Gasteiger partial charge >= 0.3 is 0 Å². The number of guanidine groups is 1. The maximum absolute atomic E-state index is 4.37. The molecule has 0 spiro atoms. The van der Waals surface area contributed by atoms with Gasteiger partial charge in [-0.1, -0.05) is 30.3 Å². The molecule has 1 aliphatic heterocycles. The largest absolute Gasteiger partial charge is 0.356 e. The standard InChI is InChI=1S/C20H31N7/c1-16(26(3)13-17-7-5-4-6-8-17)11-12-22-20(21-2)25-18-9-10-19-23-15-24-27(19)14-18/h4-8,15-16,18H,9-14H2,1-3H3,(H2,21,22,25). The number of benzene rings is 1. The van der Waals surface area contributed by atoms with E-state index in [1.807, 2.05) is 11.7 Å². The summed E-state index contributed by atoms with van der Waals surface area (Å²) in [7, 11) is 4.01. The second kappa shape index (κ2) is 9.50. The van der Waals surface area contributed by atoms with E-state index < -0.39 is 0 Å². The Labute approximate surface area is 161 Å². The fourth-order valence-electron chi connectivity index (χ4n) is 3.39. The van der Waals surface area contributed by atoms with Gasteiger partial charge in [0.05, 0.1) is 6.54 Å². The molecule has 1 aromatic heterocycles. The Hall–Kier alpha value is -2.41. The highest BCUT2D eigenvalue weighted by molar-refractivity contribution is 5.79. The highest BCUT2D eigenvalue weighted by atomic mass is 15.4. The molecular weight excluding hydrogens is 338 g/mol. The summed E-state index contributed by atoms with van der Waals surface area (Å²) in [6.45, 7) is 4.97. The minimum Gasteiger partial charge on any atom is -0.356 e. The molecule has 1 aromatic carbocycles. The number of rotatable bonds is 7. The summed E-state index contributed by atoms with van der Waals surface area (Å²) < 4.78 is 1.98. The Kier molecular flexibility index (Phi) is 6.81. The molecule has 7 nitrogen and oxygen atoms in total. The van der Waals surface area contributed by atoms with Crippen molar-refractivity contribution in [2.24, 2.45) is 4.99 Å². The zero-order valence-electron chi connectivity index (χ0n) is 16.6.